The number of anilines is 1. The minimum atomic E-state index is -0.354. The van der Waals surface area contributed by atoms with E-state index in [1.165, 1.54) is 12.2 Å². The van der Waals surface area contributed by atoms with E-state index in [-0.39, 0.29) is 18.5 Å². The Balaban J connectivity index is 1.60. The van der Waals surface area contributed by atoms with Crippen molar-refractivity contribution in [3.05, 3.63) is 28.8 Å². The number of carbonyl (C=O) groups is 2. The highest BCUT2D eigenvalue weighted by Gasteiger charge is 2.16. The molecule has 132 valence electrons. The topological polar surface area (TPSA) is 55.4 Å². The van der Waals surface area contributed by atoms with Crippen molar-refractivity contribution in [2.45, 2.75) is 44.3 Å². The Kier molecular flexibility index (Phi) is 8.29. The second kappa shape index (κ2) is 10.2. The summed E-state index contributed by atoms with van der Waals surface area (Å²) in [7, 11) is 3.89. The van der Waals surface area contributed by atoms with Crippen molar-refractivity contribution in [2.24, 2.45) is 0 Å². The van der Waals surface area contributed by atoms with Crippen LogP contribution < -0.4 is 5.32 Å². The van der Waals surface area contributed by atoms with Crippen molar-refractivity contribution in [1.29, 1.82) is 0 Å². The van der Waals surface area contributed by atoms with Crippen LogP contribution in [0.15, 0.2) is 18.2 Å². The van der Waals surface area contributed by atoms with Gasteiger partial charge in [-0.2, -0.15) is 0 Å². The highest BCUT2D eigenvalue weighted by atomic mass is 35.5. The highest BCUT2D eigenvalue weighted by molar-refractivity contribution is 8.77. The Labute approximate surface area is 155 Å². The zero-order chi connectivity index (χ0) is 17.4. The van der Waals surface area contributed by atoms with Gasteiger partial charge < -0.3 is 10.1 Å². The van der Waals surface area contributed by atoms with E-state index in [2.05, 4.69) is 5.32 Å². The van der Waals surface area contributed by atoms with Gasteiger partial charge in [-0.3, -0.25) is 9.59 Å². The van der Waals surface area contributed by atoms with Gasteiger partial charge in [0.1, 0.15) is 0 Å². The largest absolute Gasteiger partial charge is 0.456 e. The van der Waals surface area contributed by atoms with Gasteiger partial charge in [-0.25, -0.2) is 0 Å². The molecule has 1 aliphatic heterocycles. The molecule has 0 aromatic heterocycles. The molecule has 1 amide bonds. The molecule has 0 aliphatic carbocycles. The number of unbranched alkanes of at least 4 members (excludes halogenated alkanes) is 1. The maximum Gasteiger partial charge on any atom is 0.306 e. The summed E-state index contributed by atoms with van der Waals surface area (Å²) in [5, 5.41) is 3.99. The van der Waals surface area contributed by atoms with Crippen molar-refractivity contribution in [3.63, 3.8) is 0 Å². The quantitative estimate of drug-likeness (QED) is 0.392. The van der Waals surface area contributed by atoms with Gasteiger partial charge in [0, 0.05) is 28.1 Å². The van der Waals surface area contributed by atoms with Crippen molar-refractivity contribution in [1.82, 2.24) is 0 Å². The molecule has 2 rings (SSSR count). The lowest BCUT2D eigenvalue weighted by Gasteiger charge is -2.10. The number of hydrogen-bond acceptors (Lipinski definition) is 5. The van der Waals surface area contributed by atoms with Gasteiger partial charge in [-0.05, 0) is 43.9 Å². The molecule has 0 spiro atoms. The summed E-state index contributed by atoms with van der Waals surface area (Å²) in [5.74, 6) is 0.563. The minimum absolute atomic E-state index is 0.264. The predicted octanol–water partition coefficient (Wildman–Crippen LogP) is 4.84. The average Bonchev–Trinajstić information content (AvgIpc) is 3.06. The summed E-state index contributed by atoms with van der Waals surface area (Å²) in [6.07, 6.45) is 4.63. The van der Waals surface area contributed by atoms with E-state index in [9.17, 15) is 9.59 Å². The molecule has 0 unspecified atom stereocenters. The maximum absolute atomic E-state index is 11.8. The van der Waals surface area contributed by atoms with Crippen LogP contribution in [0.5, 0.6) is 0 Å². The molecule has 1 fully saturated rings. The maximum atomic E-state index is 11.8. The summed E-state index contributed by atoms with van der Waals surface area (Å²) in [6, 6.07) is 5.26. The Morgan fingerprint density at radius 1 is 1.38 bits per heavy atom. The van der Waals surface area contributed by atoms with Gasteiger partial charge in [0.25, 0.3) is 5.91 Å². The first-order chi connectivity index (χ1) is 11.5. The molecule has 7 heteroatoms. The van der Waals surface area contributed by atoms with Crippen LogP contribution in [-0.2, 0) is 14.3 Å². The van der Waals surface area contributed by atoms with E-state index in [1.807, 2.05) is 34.6 Å². The molecule has 1 saturated heterocycles. The molecule has 1 N–H and O–H groups in total. The number of carbonyl (C=O) groups excluding carboxylic acids is 2. The van der Waals surface area contributed by atoms with Crippen molar-refractivity contribution in [3.8, 4) is 0 Å². The van der Waals surface area contributed by atoms with Crippen LogP contribution in [-0.4, -0.2) is 29.5 Å². The molecule has 1 aromatic rings. The third-order valence-electron chi connectivity index (χ3n) is 3.72. The SMILES string of the molecule is Cc1ccc(Cl)cc1NC(=O)COC(=O)CCCC[C@@H]1CCSS1. The molecule has 24 heavy (non-hydrogen) atoms. The number of amides is 1. The molecular formula is C17H22ClNO3S2. The molecule has 0 saturated carbocycles. The fourth-order valence-corrected chi connectivity index (χ4v) is 5.54. The lowest BCUT2D eigenvalue weighted by Crippen LogP contribution is -2.21. The Hall–Kier alpha value is -0.850. The third-order valence-corrected chi connectivity index (χ3v) is 6.96. The Morgan fingerprint density at radius 2 is 2.21 bits per heavy atom. The fourth-order valence-electron chi connectivity index (χ4n) is 2.34. The van der Waals surface area contributed by atoms with Crippen LogP contribution in [0.3, 0.4) is 0 Å². The molecule has 1 aromatic carbocycles. The van der Waals surface area contributed by atoms with Crippen LogP contribution in [0, 0.1) is 6.92 Å². The minimum Gasteiger partial charge on any atom is -0.456 e. The van der Waals surface area contributed by atoms with Gasteiger partial charge in [0.2, 0.25) is 0 Å². The van der Waals surface area contributed by atoms with Gasteiger partial charge >= 0.3 is 5.97 Å². The Morgan fingerprint density at radius 3 is 2.96 bits per heavy atom. The van der Waals surface area contributed by atoms with Crippen LogP contribution in [0.4, 0.5) is 5.69 Å². The van der Waals surface area contributed by atoms with E-state index < -0.39 is 0 Å². The first-order valence-corrected chi connectivity index (χ1v) is 10.8. The summed E-state index contributed by atoms with van der Waals surface area (Å²) >= 11 is 5.91. The fraction of sp³-hybridized carbons (Fsp3) is 0.529. The van der Waals surface area contributed by atoms with Gasteiger partial charge in [-0.1, -0.05) is 45.7 Å². The van der Waals surface area contributed by atoms with Crippen LogP contribution >= 0.6 is 33.2 Å². The van der Waals surface area contributed by atoms with Crippen molar-refractivity contribution < 1.29 is 14.3 Å². The van der Waals surface area contributed by atoms with Gasteiger partial charge in [0.15, 0.2) is 6.61 Å². The molecule has 4 nitrogen and oxygen atoms in total. The van der Waals surface area contributed by atoms with Crippen LogP contribution in [0.2, 0.25) is 5.02 Å². The average molecular weight is 388 g/mol. The van der Waals surface area contributed by atoms with Crippen molar-refractivity contribution in [2.75, 3.05) is 17.7 Å². The number of aryl methyl sites for hydroxylation is 1. The smallest absolute Gasteiger partial charge is 0.306 e. The molecule has 1 heterocycles. The molecule has 1 atom stereocenters. The number of hydrogen-bond donors (Lipinski definition) is 1. The monoisotopic (exact) mass is 387 g/mol. The zero-order valence-electron chi connectivity index (χ0n) is 13.7. The number of benzene rings is 1. The first-order valence-electron chi connectivity index (χ1n) is 8.04. The zero-order valence-corrected chi connectivity index (χ0v) is 16.1. The number of ether oxygens (including phenoxy) is 1. The highest BCUT2D eigenvalue weighted by Crippen LogP contribution is 2.39. The molecule has 0 bridgehead atoms. The normalized spacial score (nSPS) is 16.8. The third kappa shape index (κ3) is 6.95. The van der Waals surface area contributed by atoms with Crippen LogP contribution in [0.25, 0.3) is 0 Å². The van der Waals surface area contributed by atoms with Crippen LogP contribution in [0.1, 0.15) is 37.7 Å². The van der Waals surface area contributed by atoms with Gasteiger partial charge in [-0.15, -0.1) is 0 Å². The summed E-state index contributed by atoms with van der Waals surface area (Å²) in [5.41, 5.74) is 1.54. The number of rotatable bonds is 8. The second-order valence-corrected chi connectivity index (χ2v) is 8.97. The summed E-state index contributed by atoms with van der Waals surface area (Å²) in [6.45, 7) is 1.61. The second-order valence-electron chi connectivity index (χ2n) is 5.74. The van der Waals surface area contributed by atoms with Crippen molar-refractivity contribution >= 4 is 50.8 Å². The first kappa shape index (κ1) is 19.5. The lowest BCUT2D eigenvalue weighted by molar-refractivity contribution is -0.147. The summed E-state index contributed by atoms with van der Waals surface area (Å²) < 4.78 is 5.02. The standard InChI is InChI=1S/C17H22ClNO3S2/c1-12-6-7-13(18)10-15(12)19-16(20)11-22-17(21)5-3-2-4-14-8-9-23-24-14/h6-7,10,14H,2-5,8-9,11H2,1H3,(H,19,20)/t14-/m1/s1. The van der Waals surface area contributed by atoms with E-state index in [0.29, 0.717) is 17.1 Å². The summed E-state index contributed by atoms with van der Waals surface area (Å²) in [4.78, 5) is 23.5. The van der Waals surface area contributed by atoms with E-state index >= 15 is 0 Å². The number of halogens is 1. The number of esters is 1. The van der Waals surface area contributed by atoms with Gasteiger partial charge in [0.05, 0.1) is 0 Å². The molecule has 0 radical (unpaired) electrons. The predicted molar refractivity (Wildman–Crippen MR) is 103 cm³/mol. The number of nitrogens with one attached hydrogen (secondary N) is 1. The Bertz CT molecular complexity index is 577. The molecule has 1 aliphatic rings. The lowest BCUT2D eigenvalue weighted by atomic mass is 10.1. The molecular weight excluding hydrogens is 366 g/mol. The van der Waals surface area contributed by atoms with E-state index in [4.69, 9.17) is 16.3 Å². The van der Waals surface area contributed by atoms with E-state index in [0.717, 1.165) is 30.1 Å². The van der Waals surface area contributed by atoms with E-state index in [1.54, 1.807) is 12.1 Å².